The number of hydrogen-bond acceptors (Lipinski definition) is 4. The Morgan fingerprint density at radius 2 is 1.86 bits per heavy atom. The summed E-state index contributed by atoms with van der Waals surface area (Å²) in [5, 5.41) is 8.48. The summed E-state index contributed by atoms with van der Waals surface area (Å²) < 4.78 is 26.4. The number of rotatable bonds is 6. The number of halogens is 1. The predicted octanol–water partition coefficient (Wildman–Crippen LogP) is 1.44. The van der Waals surface area contributed by atoms with Gasteiger partial charge in [-0.2, -0.15) is 9.57 Å². The third-order valence-electron chi connectivity index (χ3n) is 2.86. The number of benzene rings is 1. The van der Waals surface area contributed by atoms with Gasteiger partial charge in [-0.05, 0) is 24.3 Å². The number of sulfonamides is 1. The topological polar surface area (TPSA) is 81.5 Å². The number of nitrogens with zero attached hydrogens (tertiary/aromatic N) is 3. The van der Waals surface area contributed by atoms with Crippen molar-refractivity contribution in [3.8, 4) is 6.07 Å². The lowest BCUT2D eigenvalue weighted by atomic mass is 10.4. The zero-order valence-electron chi connectivity index (χ0n) is 11.8. The van der Waals surface area contributed by atoms with Crippen molar-refractivity contribution >= 4 is 31.9 Å². The number of carbonyl (C=O) groups is 1. The van der Waals surface area contributed by atoms with Crippen LogP contribution in [0.5, 0.6) is 0 Å². The molecule has 0 heterocycles. The second-order valence-electron chi connectivity index (χ2n) is 4.44. The van der Waals surface area contributed by atoms with Crippen molar-refractivity contribution in [2.24, 2.45) is 0 Å². The first-order valence-electron chi connectivity index (χ1n) is 6.12. The lowest BCUT2D eigenvalue weighted by Gasteiger charge is -2.21. The fourth-order valence-corrected chi connectivity index (χ4v) is 2.91. The lowest BCUT2D eigenvalue weighted by molar-refractivity contribution is -0.129. The average molecular weight is 374 g/mol. The third kappa shape index (κ3) is 4.81. The Hall–Kier alpha value is -1.43. The molecular weight excluding hydrogens is 358 g/mol. The molecule has 1 rings (SSSR count). The average Bonchev–Trinajstić information content (AvgIpc) is 2.44. The van der Waals surface area contributed by atoms with Gasteiger partial charge in [-0.3, -0.25) is 4.79 Å². The molecule has 8 heteroatoms. The van der Waals surface area contributed by atoms with Crippen LogP contribution in [0.4, 0.5) is 0 Å². The Kier molecular flexibility index (Phi) is 6.33. The molecule has 0 aliphatic heterocycles. The van der Waals surface area contributed by atoms with E-state index in [1.54, 1.807) is 19.2 Å². The van der Waals surface area contributed by atoms with Crippen molar-refractivity contribution in [1.29, 1.82) is 5.26 Å². The van der Waals surface area contributed by atoms with Gasteiger partial charge in [-0.25, -0.2) is 8.42 Å². The second kappa shape index (κ2) is 7.54. The molecule has 0 fully saturated rings. The maximum Gasteiger partial charge on any atom is 0.243 e. The number of carbonyl (C=O) groups excluding carboxylic acids is 1. The maximum atomic E-state index is 12.3. The minimum Gasteiger partial charge on any atom is -0.344 e. The molecular formula is C13H16BrN3O3S. The molecule has 114 valence electrons. The summed E-state index contributed by atoms with van der Waals surface area (Å²) in [6, 6.07) is 8.14. The van der Waals surface area contributed by atoms with E-state index in [0.29, 0.717) is 0 Å². The van der Waals surface area contributed by atoms with E-state index in [0.717, 1.165) is 8.78 Å². The van der Waals surface area contributed by atoms with Gasteiger partial charge >= 0.3 is 0 Å². The van der Waals surface area contributed by atoms with Gasteiger partial charge in [0, 0.05) is 25.1 Å². The van der Waals surface area contributed by atoms with Crippen molar-refractivity contribution in [3.05, 3.63) is 28.7 Å². The van der Waals surface area contributed by atoms with Gasteiger partial charge in [0.25, 0.3) is 0 Å². The van der Waals surface area contributed by atoms with Crippen LogP contribution < -0.4 is 0 Å². The molecule has 0 aliphatic rings. The van der Waals surface area contributed by atoms with Crippen LogP contribution in [0.15, 0.2) is 33.6 Å². The molecule has 1 aromatic carbocycles. The largest absolute Gasteiger partial charge is 0.344 e. The van der Waals surface area contributed by atoms with Crippen LogP contribution in [0.25, 0.3) is 0 Å². The van der Waals surface area contributed by atoms with Crippen molar-refractivity contribution < 1.29 is 13.2 Å². The van der Waals surface area contributed by atoms with Crippen molar-refractivity contribution in [2.45, 2.75) is 11.3 Å². The molecule has 0 unspecified atom stereocenters. The smallest absolute Gasteiger partial charge is 0.243 e. The summed E-state index contributed by atoms with van der Waals surface area (Å²) in [5.41, 5.74) is 0. The van der Waals surface area contributed by atoms with E-state index in [1.165, 1.54) is 24.1 Å². The van der Waals surface area contributed by atoms with Gasteiger partial charge in [-0.1, -0.05) is 15.9 Å². The minimum absolute atomic E-state index is 0.126. The zero-order valence-corrected chi connectivity index (χ0v) is 14.2. The van der Waals surface area contributed by atoms with Gasteiger partial charge < -0.3 is 4.90 Å². The van der Waals surface area contributed by atoms with Crippen molar-refractivity contribution in [1.82, 2.24) is 9.21 Å². The molecule has 0 spiro atoms. The Balaban J connectivity index is 2.78. The van der Waals surface area contributed by atoms with Gasteiger partial charge in [0.05, 0.1) is 23.9 Å². The summed E-state index contributed by atoms with van der Waals surface area (Å²) in [6.07, 6.45) is 0.214. The zero-order chi connectivity index (χ0) is 16.0. The van der Waals surface area contributed by atoms with Crippen LogP contribution in [0.2, 0.25) is 0 Å². The number of amides is 1. The molecule has 0 saturated heterocycles. The van der Waals surface area contributed by atoms with Crippen LogP contribution >= 0.6 is 15.9 Å². The third-order valence-corrected chi connectivity index (χ3v) is 5.21. The monoisotopic (exact) mass is 373 g/mol. The van der Waals surface area contributed by atoms with Crippen molar-refractivity contribution in [2.75, 3.05) is 27.2 Å². The first-order chi connectivity index (χ1) is 9.78. The highest BCUT2D eigenvalue weighted by Crippen LogP contribution is 2.17. The standard InChI is InChI=1S/C13H16BrN3O3S/c1-16(9-3-8-15)13(18)10-17(2)21(19,20)12-6-4-11(14)5-7-12/h4-7H,3,9-10H2,1-2H3. The predicted molar refractivity (Wildman–Crippen MR) is 81.8 cm³/mol. The van der Waals surface area contributed by atoms with Crippen LogP contribution in [0.3, 0.4) is 0 Å². The van der Waals surface area contributed by atoms with E-state index in [1.807, 2.05) is 6.07 Å². The molecule has 0 atom stereocenters. The molecule has 6 nitrogen and oxygen atoms in total. The Morgan fingerprint density at radius 3 is 2.38 bits per heavy atom. The summed E-state index contributed by atoms with van der Waals surface area (Å²) in [7, 11) is -0.809. The van der Waals surface area contributed by atoms with E-state index in [-0.39, 0.29) is 30.3 Å². The molecule has 1 aromatic rings. The molecule has 0 N–H and O–H groups in total. The Bertz CT molecular complexity index is 638. The van der Waals surface area contributed by atoms with Crippen LogP contribution in [-0.2, 0) is 14.8 Å². The van der Waals surface area contributed by atoms with E-state index in [2.05, 4.69) is 15.9 Å². The fourth-order valence-electron chi connectivity index (χ4n) is 1.53. The van der Waals surface area contributed by atoms with Gasteiger partial charge in [0.1, 0.15) is 0 Å². The number of hydrogen-bond donors (Lipinski definition) is 0. The van der Waals surface area contributed by atoms with E-state index in [9.17, 15) is 13.2 Å². The summed E-state index contributed by atoms with van der Waals surface area (Å²) in [6.45, 7) is 0.0157. The quantitative estimate of drug-likeness (QED) is 0.755. The van der Waals surface area contributed by atoms with Crippen molar-refractivity contribution in [3.63, 3.8) is 0 Å². The molecule has 1 amide bonds. The van der Waals surface area contributed by atoms with Crippen LogP contribution in [0.1, 0.15) is 6.42 Å². The first-order valence-corrected chi connectivity index (χ1v) is 8.35. The normalized spacial score (nSPS) is 11.2. The van der Waals surface area contributed by atoms with E-state index >= 15 is 0 Å². The van der Waals surface area contributed by atoms with E-state index in [4.69, 9.17) is 5.26 Å². The summed E-state index contributed by atoms with van der Waals surface area (Å²) in [4.78, 5) is 13.4. The highest BCUT2D eigenvalue weighted by molar-refractivity contribution is 9.10. The maximum absolute atomic E-state index is 12.3. The molecule has 0 radical (unpaired) electrons. The second-order valence-corrected chi connectivity index (χ2v) is 7.40. The van der Waals surface area contributed by atoms with Gasteiger partial charge in [0.2, 0.25) is 15.9 Å². The highest BCUT2D eigenvalue weighted by Gasteiger charge is 2.24. The Morgan fingerprint density at radius 1 is 1.29 bits per heavy atom. The first kappa shape index (κ1) is 17.6. The lowest BCUT2D eigenvalue weighted by Crippen LogP contribution is -2.39. The number of nitriles is 1. The molecule has 0 saturated carbocycles. The van der Waals surface area contributed by atoms with Gasteiger partial charge in [-0.15, -0.1) is 0 Å². The molecule has 0 aliphatic carbocycles. The Labute approximate surface area is 133 Å². The highest BCUT2D eigenvalue weighted by atomic mass is 79.9. The molecule has 0 aromatic heterocycles. The number of likely N-dealkylation sites (N-methyl/N-ethyl adjacent to an activating group) is 2. The van der Waals surface area contributed by atoms with Gasteiger partial charge in [0.15, 0.2) is 0 Å². The molecule has 0 bridgehead atoms. The summed E-state index contributed by atoms with van der Waals surface area (Å²) >= 11 is 3.24. The van der Waals surface area contributed by atoms with Crippen LogP contribution in [-0.4, -0.2) is 50.7 Å². The molecule has 21 heavy (non-hydrogen) atoms. The van der Waals surface area contributed by atoms with E-state index < -0.39 is 10.0 Å². The minimum atomic E-state index is -3.70. The SMILES string of the molecule is CN(CCC#N)C(=O)CN(C)S(=O)(=O)c1ccc(Br)cc1. The summed E-state index contributed by atoms with van der Waals surface area (Å²) in [5.74, 6) is -0.353. The fraction of sp³-hybridized carbons (Fsp3) is 0.385. The van der Waals surface area contributed by atoms with Crippen LogP contribution in [0, 0.1) is 11.3 Å².